The quantitative estimate of drug-likeness (QED) is 0.353. The fraction of sp³-hybridized carbons (Fsp3) is 0.700. The van der Waals surface area contributed by atoms with Crippen LogP contribution in [0, 0.1) is 0 Å². The van der Waals surface area contributed by atoms with Crippen molar-refractivity contribution in [3.8, 4) is 0 Å². The Balaban J connectivity index is 2.32. The first-order chi connectivity index (χ1) is 8.19. The molecule has 0 aromatic rings. The summed E-state index contributed by atoms with van der Waals surface area (Å²) in [6, 6.07) is 0. The second kappa shape index (κ2) is 6.85. The van der Waals surface area contributed by atoms with E-state index in [2.05, 4.69) is 5.32 Å². The van der Waals surface area contributed by atoms with Crippen molar-refractivity contribution in [3.05, 3.63) is 0 Å². The number of carbonyl (C=O) groups is 3. The van der Waals surface area contributed by atoms with Crippen LogP contribution < -0.4 is 5.32 Å². The molecule has 0 saturated carbocycles. The lowest BCUT2D eigenvalue weighted by Gasteiger charge is -2.31. The molecule has 0 atom stereocenters. The fourth-order valence-electron chi connectivity index (χ4n) is 1.52. The van der Waals surface area contributed by atoms with Crippen LogP contribution >= 0.6 is 0 Å². The van der Waals surface area contributed by atoms with Crippen LogP contribution in [0.5, 0.6) is 0 Å². The lowest BCUT2D eigenvalue weighted by atomic mass is 10.3. The normalized spacial score (nSPS) is 15.6. The maximum absolute atomic E-state index is 11.7. The summed E-state index contributed by atoms with van der Waals surface area (Å²) in [4.78, 5) is 36.6. The number of methoxy groups -OCH3 is 1. The molecule has 3 amide bonds. The van der Waals surface area contributed by atoms with E-state index in [1.807, 2.05) is 0 Å². The summed E-state index contributed by atoms with van der Waals surface area (Å²) in [7, 11) is 1.52. The largest absolute Gasteiger partial charge is 0.383 e. The number of piperazine rings is 1. The highest BCUT2D eigenvalue weighted by Crippen LogP contribution is 1.99. The molecule has 0 aromatic carbocycles. The van der Waals surface area contributed by atoms with Crippen molar-refractivity contribution in [1.29, 1.82) is 0 Å². The minimum absolute atomic E-state index is 0.315. The highest BCUT2D eigenvalue weighted by molar-refractivity contribution is 6.35. The summed E-state index contributed by atoms with van der Waals surface area (Å²) in [5.74, 6) is -1.17. The third-order valence-electron chi connectivity index (χ3n) is 2.54. The van der Waals surface area contributed by atoms with Crippen LogP contribution in [0.3, 0.4) is 0 Å². The molecule has 1 fully saturated rings. The summed E-state index contributed by atoms with van der Waals surface area (Å²) in [6.07, 6.45) is 0.750. The van der Waals surface area contributed by atoms with Crippen LogP contribution in [0.15, 0.2) is 0 Å². The zero-order valence-electron chi connectivity index (χ0n) is 9.85. The molecule has 1 aliphatic rings. The van der Waals surface area contributed by atoms with E-state index in [1.165, 1.54) is 12.0 Å². The Morgan fingerprint density at radius 3 is 2.47 bits per heavy atom. The summed E-state index contributed by atoms with van der Waals surface area (Å²) in [5.41, 5.74) is 0. The van der Waals surface area contributed by atoms with Gasteiger partial charge in [-0.1, -0.05) is 0 Å². The van der Waals surface area contributed by atoms with E-state index in [1.54, 1.807) is 4.90 Å². The van der Waals surface area contributed by atoms with Crippen molar-refractivity contribution in [1.82, 2.24) is 15.1 Å². The van der Waals surface area contributed by atoms with Gasteiger partial charge in [-0.15, -0.1) is 0 Å². The van der Waals surface area contributed by atoms with E-state index in [0.717, 1.165) is 6.41 Å². The lowest BCUT2D eigenvalue weighted by Crippen LogP contribution is -2.52. The predicted octanol–water partition coefficient (Wildman–Crippen LogP) is -1.95. The van der Waals surface area contributed by atoms with Gasteiger partial charge in [-0.3, -0.25) is 14.4 Å². The fourth-order valence-corrected chi connectivity index (χ4v) is 1.52. The van der Waals surface area contributed by atoms with Gasteiger partial charge in [-0.05, 0) is 0 Å². The van der Waals surface area contributed by atoms with Crippen LogP contribution in [0.2, 0.25) is 0 Å². The molecule has 1 saturated heterocycles. The first-order valence-corrected chi connectivity index (χ1v) is 5.44. The monoisotopic (exact) mass is 243 g/mol. The Bertz CT molecular complexity index is 287. The Morgan fingerprint density at radius 1 is 1.29 bits per heavy atom. The van der Waals surface area contributed by atoms with Crippen LogP contribution in [0.4, 0.5) is 0 Å². The molecule has 0 aromatic heterocycles. The van der Waals surface area contributed by atoms with E-state index in [4.69, 9.17) is 4.74 Å². The summed E-state index contributed by atoms with van der Waals surface area (Å²) < 4.78 is 4.76. The van der Waals surface area contributed by atoms with E-state index >= 15 is 0 Å². The van der Waals surface area contributed by atoms with Crippen LogP contribution in [0.25, 0.3) is 0 Å². The molecule has 0 unspecified atom stereocenters. The molecule has 7 nitrogen and oxygen atoms in total. The SMILES string of the molecule is COCCNC(=O)C(=O)N1CCN(C=O)CC1. The Kier molecular flexibility index (Phi) is 5.41. The Morgan fingerprint density at radius 2 is 1.94 bits per heavy atom. The molecule has 0 bridgehead atoms. The lowest BCUT2D eigenvalue weighted by molar-refractivity contribution is -0.147. The smallest absolute Gasteiger partial charge is 0.312 e. The molecular formula is C10H17N3O4. The van der Waals surface area contributed by atoms with Crippen LogP contribution in [0.1, 0.15) is 0 Å². The van der Waals surface area contributed by atoms with Crippen molar-refractivity contribution in [2.24, 2.45) is 0 Å². The molecule has 17 heavy (non-hydrogen) atoms. The predicted molar refractivity (Wildman–Crippen MR) is 59.1 cm³/mol. The van der Waals surface area contributed by atoms with Crippen molar-refractivity contribution in [2.75, 3.05) is 46.4 Å². The number of amides is 3. The minimum atomic E-state index is -0.624. The number of rotatable bonds is 4. The van der Waals surface area contributed by atoms with Crippen LogP contribution in [-0.4, -0.2) is 74.5 Å². The zero-order valence-corrected chi connectivity index (χ0v) is 9.85. The molecule has 1 N–H and O–H groups in total. The highest BCUT2D eigenvalue weighted by Gasteiger charge is 2.24. The first-order valence-electron chi connectivity index (χ1n) is 5.44. The second-order valence-electron chi connectivity index (χ2n) is 3.68. The summed E-state index contributed by atoms with van der Waals surface area (Å²) >= 11 is 0. The standard InChI is InChI=1S/C10H17N3O4/c1-17-7-2-11-9(15)10(16)13-5-3-12(8-14)4-6-13/h8H,2-7H2,1H3,(H,11,15). The minimum Gasteiger partial charge on any atom is -0.383 e. The number of ether oxygens (including phenoxy) is 1. The van der Waals surface area contributed by atoms with Gasteiger partial charge in [-0.2, -0.15) is 0 Å². The van der Waals surface area contributed by atoms with Crippen molar-refractivity contribution in [2.45, 2.75) is 0 Å². The van der Waals surface area contributed by atoms with E-state index in [0.29, 0.717) is 39.3 Å². The van der Waals surface area contributed by atoms with E-state index < -0.39 is 11.8 Å². The third-order valence-corrected chi connectivity index (χ3v) is 2.54. The van der Waals surface area contributed by atoms with E-state index in [-0.39, 0.29) is 0 Å². The molecule has 7 heteroatoms. The molecule has 0 aliphatic carbocycles. The third kappa shape index (κ3) is 4.03. The maximum Gasteiger partial charge on any atom is 0.312 e. The number of hydrogen-bond acceptors (Lipinski definition) is 4. The topological polar surface area (TPSA) is 79.0 Å². The molecule has 96 valence electrons. The Labute approximate surface area is 99.7 Å². The van der Waals surface area contributed by atoms with Crippen molar-refractivity contribution in [3.63, 3.8) is 0 Å². The Hall–Kier alpha value is -1.63. The number of nitrogens with zero attached hydrogens (tertiary/aromatic N) is 2. The molecule has 0 spiro atoms. The first kappa shape index (κ1) is 13.4. The summed E-state index contributed by atoms with van der Waals surface area (Å²) in [6.45, 7) is 2.43. The number of hydrogen-bond donors (Lipinski definition) is 1. The van der Waals surface area contributed by atoms with Crippen molar-refractivity contribution >= 4 is 18.2 Å². The molecule has 1 heterocycles. The maximum atomic E-state index is 11.7. The van der Waals surface area contributed by atoms with Gasteiger partial charge in [0.1, 0.15) is 0 Å². The molecule has 1 rings (SSSR count). The summed E-state index contributed by atoms with van der Waals surface area (Å²) in [5, 5.41) is 2.47. The van der Waals surface area contributed by atoms with Crippen LogP contribution in [-0.2, 0) is 19.1 Å². The second-order valence-corrected chi connectivity index (χ2v) is 3.68. The van der Waals surface area contributed by atoms with Gasteiger partial charge in [0.15, 0.2) is 0 Å². The van der Waals surface area contributed by atoms with Crippen molar-refractivity contribution < 1.29 is 19.1 Å². The molecule has 1 aliphatic heterocycles. The number of carbonyl (C=O) groups excluding carboxylic acids is 3. The van der Waals surface area contributed by atoms with Gasteiger partial charge in [0.2, 0.25) is 6.41 Å². The van der Waals surface area contributed by atoms with Gasteiger partial charge in [0.05, 0.1) is 6.61 Å². The van der Waals surface area contributed by atoms with Gasteiger partial charge in [0, 0.05) is 39.8 Å². The zero-order chi connectivity index (χ0) is 12.7. The number of nitrogens with one attached hydrogen (secondary N) is 1. The van der Waals surface area contributed by atoms with Gasteiger partial charge in [0.25, 0.3) is 0 Å². The van der Waals surface area contributed by atoms with E-state index in [9.17, 15) is 14.4 Å². The van der Waals surface area contributed by atoms with Gasteiger partial charge in [-0.25, -0.2) is 0 Å². The van der Waals surface area contributed by atoms with Gasteiger partial charge < -0.3 is 19.9 Å². The highest BCUT2D eigenvalue weighted by atomic mass is 16.5. The average Bonchev–Trinajstić information content (AvgIpc) is 2.38. The average molecular weight is 243 g/mol. The molecular weight excluding hydrogens is 226 g/mol. The van der Waals surface area contributed by atoms with Gasteiger partial charge >= 0.3 is 11.8 Å². The molecule has 0 radical (unpaired) electrons.